The van der Waals surface area contributed by atoms with Crippen LogP contribution in [-0.2, 0) is 6.54 Å². The number of benzene rings is 1. The van der Waals surface area contributed by atoms with E-state index in [0.29, 0.717) is 0 Å². The average molecular weight is 275 g/mol. The molecule has 19 heavy (non-hydrogen) atoms. The van der Waals surface area contributed by atoms with Crippen molar-refractivity contribution < 1.29 is 0 Å². The van der Waals surface area contributed by atoms with Crippen LogP contribution >= 0.6 is 11.8 Å². The van der Waals surface area contributed by atoms with E-state index in [-0.39, 0.29) is 0 Å². The van der Waals surface area contributed by atoms with E-state index < -0.39 is 0 Å². The van der Waals surface area contributed by atoms with E-state index in [9.17, 15) is 0 Å². The van der Waals surface area contributed by atoms with Gasteiger partial charge in [-0.2, -0.15) is 16.9 Å². The molecule has 0 bridgehead atoms. The van der Waals surface area contributed by atoms with Crippen LogP contribution in [0.4, 0.5) is 0 Å². The third kappa shape index (κ3) is 4.40. The van der Waals surface area contributed by atoms with E-state index >= 15 is 0 Å². The minimum absolute atomic E-state index is 0.717. The van der Waals surface area contributed by atoms with Crippen LogP contribution in [0.25, 0.3) is 5.69 Å². The van der Waals surface area contributed by atoms with Crippen molar-refractivity contribution in [2.45, 2.75) is 25.1 Å². The highest BCUT2D eigenvalue weighted by atomic mass is 32.2. The fourth-order valence-electron chi connectivity index (χ4n) is 1.82. The Morgan fingerprint density at radius 2 is 2.05 bits per heavy atom. The summed E-state index contributed by atoms with van der Waals surface area (Å²) in [4.78, 5) is 0. The second kappa shape index (κ2) is 7.36. The van der Waals surface area contributed by atoms with Gasteiger partial charge >= 0.3 is 0 Å². The van der Waals surface area contributed by atoms with Gasteiger partial charge < -0.3 is 5.32 Å². The summed E-state index contributed by atoms with van der Waals surface area (Å²) in [6.45, 7) is 4.14. The van der Waals surface area contributed by atoms with Crippen molar-refractivity contribution >= 4 is 11.8 Å². The van der Waals surface area contributed by atoms with Crippen molar-refractivity contribution in [2.24, 2.45) is 0 Å². The number of hydrogen-bond acceptors (Lipinski definition) is 3. The molecule has 3 nitrogen and oxygen atoms in total. The lowest BCUT2D eigenvalue weighted by Crippen LogP contribution is -2.18. The number of aromatic nitrogens is 2. The number of nitrogens with one attached hydrogen (secondary N) is 1. The first-order valence-corrected chi connectivity index (χ1v) is 7.92. The number of rotatable bonds is 7. The Hall–Kier alpha value is -1.26. The summed E-state index contributed by atoms with van der Waals surface area (Å²) in [6.07, 6.45) is 5.36. The molecular formula is C15H21N3S. The van der Waals surface area contributed by atoms with E-state index in [0.717, 1.165) is 29.7 Å². The Bertz CT molecular complexity index is 481. The average Bonchev–Trinajstić information content (AvgIpc) is 2.93. The van der Waals surface area contributed by atoms with Gasteiger partial charge in [-0.25, -0.2) is 4.68 Å². The summed E-state index contributed by atoms with van der Waals surface area (Å²) >= 11 is 1.91. The van der Waals surface area contributed by atoms with E-state index in [1.165, 1.54) is 6.42 Å². The van der Waals surface area contributed by atoms with Gasteiger partial charge in [0.25, 0.3) is 0 Å². The summed E-state index contributed by atoms with van der Waals surface area (Å²) in [5.41, 5.74) is 2.19. The molecule has 0 aliphatic carbocycles. The maximum Gasteiger partial charge on any atom is 0.0766 e. The van der Waals surface area contributed by atoms with Gasteiger partial charge in [-0.1, -0.05) is 25.1 Å². The number of para-hydroxylation sites is 1. The van der Waals surface area contributed by atoms with Crippen molar-refractivity contribution in [3.63, 3.8) is 0 Å². The first kappa shape index (κ1) is 14.2. The SMILES string of the molecule is CSC(C)CCNCc1ccn(-c2ccccc2)n1. The predicted molar refractivity (Wildman–Crippen MR) is 82.9 cm³/mol. The van der Waals surface area contributed by atoms with Gasteiger partial charge in [0, 0.05) is 18.0 Å². The zero-order chi connectivity index (χ0) is 13.5. The van der Waals surface area contributed by atoms with Crippen LogP contribution in [-0.4, -0.2) is 27.8 Å². The molecule has 1 aromatic heterocycles. The Morgan fingerprint density at radius 3 is 2.79 bits per heavy atom. The van der Waals surface area contributed by atoms with Crippen LogP contribution in [0.2, 0.25) is 0 Å². The second-order valence-electron chi connectivity index (χ2n) is 4.60. The normalized spacial score (nSPS) is 12.5. The summed E-state index contributed by atoms with van der Waals surface area (Å²) in [5.74, 6) is 0. The van der Waals surface area contributed by atoms with Crippen molar-refractivity contribution in [2.75, 3.05) is 12.8 Å². The zero-order valence-electron chi connectivity index (χ0n) is 11.5. The highest BCUT2D eigenvalue weighted by molar-refractivity contribution is 7.99. The van der Waals surface area contributed by atoms with Crippen molar-refractivity contribution in [1.29, 1.82) is 0 Å². The summed E-state index contributed by atoms with van der Waals surface area (Å²) in [7, 11) is 0. The van der Waals surface area contributed by atoms with E-state index in [1.807, 2.05) is 40.8 Å². The van der Waals surface area contributed by atoms with Crippen LogP contribution in [0.1, 0.15) is 19.0 Å². The van der Waals surface area contributed by atoms with Crippen LogP contribution in [0.5, 0.6) is 0 Å². The molecule has 0 saturated carbocycles. The Labute approximate surface area is 119 Å². The van der Waals surface area contributed by atoms with E-state index in [2.05, 4.69) is 41.8 Å². The predicted octanol–water partition coefficient (Wildman–Crippen LogP) is 3.10. The molecule has 0 fully saturated rings. The van der Waals surface area contributed by atoms with Gasteiger partial charge in [0.05, 0.1) is 11.4 Å². The molecule has 102 valence electrons. The van der Waals surface area contributed by atoms with Gasteiger partial charge in [0.2, 0.25) is 0 Å². The maximum atomic E-state index is 4.57. The molecule has 0 aliphatic rings. The Kier molecular flexibility index (Phi) is 5.48. The fourth-order valence-corrected chi connectivity index (χ4v) is 2.17. The quantitative estimate of drug-likeness (QED) is 0.788. The summed E-state index contributed by atoms with van der Waals surface area (Å²) in [6, 6.07) is 12.3. The van der Waals surface area contributed by atoms with Gasteiger partial charge in [0.15, 0.2) is 0 Å². The van der Waals surface area contributed by atoms with Crippen LogP contribution < -0.4 is 5.32 Å². The van der Waals surface area contributed by atoms with Crippen molar-refractivity contribution in [1.82, 2.24) is 15.1 Å². The molecule has 1 unspecified atom stereocenters. The van der Waals surface area contributed by atoms with Crippen molar-refractivity contribution in [3.8, 4) is 5.69 Å². The highest BCUT2D eigenvalue weighted by Gasteiger charge is 2.02. The fraction of sp³-hybridized carbons (Fsp3) is 0.400. The van der Waals surface area contributed by atoms with E-state index in [4.69, 9.17) is 0 Å². The standard InChI is InChI=1S/C15H21N3S/c1-13(19-2)8-10-16-12-14-9-11-18(17-14)15-6-4-3-5-7-15/h3-7,9,11,13,16H,8,10,12H2,1-2H3. The van der Waals surface area contributed by atoms with Crippen LogP contribution in [0, 0.1) is 0 Å². The monoisotopic (exact) mass is 275 g/mol. The van der Waals surface area contributed by atoms with Gasteiger partial charge in [-0.15, -0.1) is 0 Å². The third-order valence-corrected chi connectivity index (χ3v) is 4.14. The molecule has 2 rings (SSSR count). The second-order valence-corrected chi connectivity index (χ2v) is 5.88. The molecule has 1 atom stereocenters. The molecule has 0 amide bonds. The smallest absolute Gasteiger partial charge is 0.0766 e. The molecule has 0 radical (unpaired) electrons. The number of nitrogens with zero attached hydrogens (tertiary/aromatic N) is 2. The Morgan fingerprint density at radius 1 is 1.26 bits per heavy atom. The van der Waals surface area contributed by atoms with E-state index in [1.54, 1.807) is 0 Å². The number of thioether (sulfide) groups is 1. The zero-order valence-corrected chi connectivity index (χ0v) is 12.4. The minimum atomic E-state index is 0.717. The topological polar surface area (TPSA) is 29.9 Å². The first-order valence-electron chi connectivity index (χ1n) is 6.63. The lowest BCUT2D eigenvalue weighted by molar-refractivity contribution is 0.634. The summed E-state index contributed by atoms with van der Waals surface area (Å²) in [5, 5.41) is 8.73. The molecule has 1 N–H and O–H groups in total. The highest BCUT2D eigenvalue weighted by Crippen LogP contribution is 2.09. The molecule has 1 heterocycles. The molecule has 0 saturated heterocycles. The lowest BCUT2D eigenvalue weighted by atomic mass is 10.3. The van der Waals surface area contributed by atoms with Crippen LogP contribution in [0.15, 0.2) is 42.6 Å². The molecule has 0 spiro atoms. The molecule has 2 aromatic rings. The molecule has 4 heteroatoms. The third-order valence-electron chi connectivity index (χ3n) is 3.10. The van der Waals surface area contributed by atoms with Crippen molar-refractivity contribution in [3.05, 3.63) is 48.3 Å². The van der Waals surface area contributed by atoms with Gasteiger partial charge in [-0.05, 0) is 37.4 Å². The first-order chi connectivity index (χ1) is 9.29. The summed E-state index contributed by atoms with van der Waals surface area (Å²) < 4.78 is 1.92. The van der Waals surface area contributed by atoms with Crippen LogP contribution in [0.3, 0.4) is 0 Å². The maximum absolute atomic E-state index is 4.57. The Balaban J connectivity index is 1.82. The molecule has 1 aromatic carbocycles. The number of hydrogen-bond donors (Lipinski definition) is 1. The lowest BCUT2D eigenvalue weighted by Gasteiger charge is -2.07. The largest absolute Gasteiger partial charge is 0.311 e. The minimum Gasteiger partial charge on any atom is -0.311 e. The van der Waals surface area contributed by atoms with Gasteiger partial charge in [-0.3, -0.25) is 0 Å². The molecular weight excluding hydrogens is 254 g/mol. The van der Waals surface area contributed by atoms with Gasteiger partial charge in [0.1, 0.15) is 0 Å². The molecule has 0 aliphatic heterocycles.